The van der Waals surface area contributed by atoms with Crippen molar-refractivity contribution in [2.24, 2.45) is 0 Å². The average molecular weight is 167 g/mol. The molecular weight excluding hydrogens is 160 g/mol. The van der Waals surface area contributed by atoms with Crippen molar-refractivity contribution in [3.63, 3.8) is 0 Å². The Balaban J connectivity index is 2.90. The van der Waals surface area contributed by atoms with Gasteiger partial charge in [0.2, 0.25) is 0 Å². The molecule has 0 atom stereocenters. The van der Waals surface area contributed by atoms with Crippen LogP contribution in [0.15, 0.2) is 24.7 Å². The molecule has 56 valence electrons. The summed E-state index contributed by atoms with van der Waals surface area (Å²) >= 11 is 5.84. The van der Waals surface area contributed by atoms with E-state index in [2.05, 4.69) is 4.98 Å². The Bertz CT molecular complexity index is 392. The lowest BCUT2D eigenvalue weighted by atomic mass is 10.4. The van der Waals surface area contributed by atoms with Crippen molar-refractivity contribution in [2.45, 2.75) is 6.92 Å². The highest BCUT2D eigenvalue weighted by Gasteiger charge is 1.99. The third kappa shape index (κ3) is 0.994. The highest BCUT2D eigenvalue weighted by atomic mass is 35.5. The van der Waals surface area contributed by atoms with Gasteiger partial charge in [0.1, 0.15) is 0 Å². The minimum Gasteiger partial charge on any atom is -0.319 e. The lowest BCUT2D eigenvalue weighted by Gasteiger charge is -1.92. The number of aromatic nitrogens is 2. The zero-order chi connectivity index (χ0) is 7.84. The van der Waals surface area contributed by atoms with E-state index < -0.39 is 0 Å². The molecule has 0 fully saturated rings. The number of aryl methyl sites for hydroxylation is 1. The maximum absolute atomic E-state index is 5.84. The van der Waals surface area contributed by atoms with Crippen molar-refractivity contribution < 1.29 is 0 Å². The van der Waals surface area contributed by atoms with E-state index in [-0.39, 0.29) is 0 Å². The van der Waals surface area contributed by atoms with Gasteiger partial charge in [-0.25, -0.2) is 4.98 Å². The zero-order valence-corrected chi connectivity index (χ0v) is 6.84. The topological polar surface area (TPSA) is 17.3 Å². The molecule has 0 radical (unpaired) electrons. The van der Waals surface area contributed by atoms with Crippen LogP contribution in [0.4, 0.5) is 0 Å². The van der Waals surface area contributed by atoms with Crippen molar-refractivity contribution in [1.82, 2.24) is 9.38 Å². The zero-order valence-electron chi connectivity index (χ0n) is 6.08. The summed E-state index contributed by atoms with van der Waals surface area (Å²) in [7, 11) is 0. The summed E-state index contributed by atoms with van der Waals surface area (Å²) in [6.07, 6.45) is 5.59. The molecule has 3 heteroatoms. The molecule has 2 rings (SSSR count). The van der Waals surface area contributed by atoms with Crippen LogP contribution in [0.5, 0.6) is 0 Å². The number of hydrogen-bond donors (Lipinski definition) is 0. The number of halogens is 1. The van der Waals surface area contributed by atoms with E-state index in [0.29, 0.717) is 5.15 Å². The molecule has 0 N–H and O–H groups in total. The molecule has 0 amide bonds. The molecule has 0 bridgehead atoms. The fraction of sp³-hybridized carbons (Fsp3) is 0.125. The third-order valence-corrected chi connectivity index (χ3v) is 1.90. The second-order valence-electron chi connectivity index (χ2n) is 2.53. The minimum absolute atomic E-state index is 0.556. The molecule has 2 aromatic heterocycles. The van der Waals surface area contributed by atoms with Gasteiger partial charge >= 0.3 is 0 Å². The fourth-order valence-corrected chi connectivity index (χ4v) is 1.35. The van der Waals surface area contributed by atoms with E-state index >= 15 is 0 Å². The highest BCUT2D eigenvalue weighted by Crippen LogP contribution is 2.15. The van der Waals surface area contributed by atoms with E-state index in [1.54, 1.807) is 6.20 Å². The summed E-state index contributed by atoms with van der Waals surface area (Å²) in [5, 5.41) is 0.556. The third-order valence-electron chi connectivity index (χ3n) is 1.61. The van der Waals surface area contributed by atoms with Crippen LogP contribution in [-0.2, 0) is 0 Å². The molecule has 0 aliphatic heterocycles. The van der Waals surface area contributed by atoms with Crippen LogP contribution in [0.25, 0.3) is 5.52 Å². The summed E-state index contributed by atoms with van der Waals surface area (Å²) in [6.45, 7) is 2.03. The Morgan fingerprint density at radius 3 is 3.09 bits per heavy atom. The first-order valence-corrected chi connectivity index (χ1v) is 3.74. The smallest absolute Gasteiger partial charge is 0.153 e. The van der Waals surface area contributed by atoms with E-state index in [4.69, 9.17) is 11.6 Å². The highest BCUT2D eigenvalue weighted by molar-refractivity contribution is 6.32. The number of nitrogens with zero attached hydrogens (tertiary/aromatic N) is 2. The molecule has 2 heterocycles. The Labute approximate surface area is 69.4 Å². The van der Waals surface area contributed by atoms with Crippen LogP contribution in [-0.4, -0.2) is 9.38 Å². The maximum atomic E-state index is 5.84. The van der Waals surface area contributed by atoms with Gasteiger partial charge in [-0.3, -0.25) is 0 Å². The van der Waals surface area contributed by atoms with E-state index in [9.17, 15) is 0 Å². The van der Waals surface area contributed by atoms with Crippen molar-refractivity contribution in [1.29, 1.82) is 0 Å². The maximum Gasteiger partial charge on any atom is 0.153 e. The van der Waals surface area contributed by atoms with Gasteiger partial charge in [0, 0.05) is 18.6 Å². The van der Waals surface area contributed by atoms with Gasteiger partial charge in [-0.15, -0.1) is 0 Å². The van der Waals surface area contributed by atoms with Crippen molar-refractivity contribution in [3.05, 3.63) is 35.4 Å². The standard InChI is InChI=1S/C8H7ClN2/c1-6-4-7-8(9)10-2-3-11(7)5-6/h2-5H,1H3. The molecule has 2 aromatic rings. The first-order valence-electron chi connectivity index (χ1n) is 3.36. The largest absolute Gasteiger partial charge is 0.319 e. The Hall–Kier alpha value is -1.02. The van der Waals surface area contributed by atoms with Crippen LogP contribution >= 0.6 is 11.6 Å². The summed E-state index contributed by atoms with van der Waals surface area (Å²) < 4.78 is 1.96. The molecule has 0 saturated carbocycles. The molecule has 0 unspecified atom stereocenters. The van der Waals surface area contributed by atoms with Crippen LogP contribution in [0.1, 0.15) is 5.56 Å². The monoisotopic (exact) mass is 166 g/mol. The summed E-state index contributed by atoms with van der Waals surface area (Å²) in [6, 6.07) is 2.01. The molecule has 11 heavy (non-hydrogen) atoms. The Morgan fingerprint density at radius 1 is 1.55 bits per heavy atom. The number of fused-ring (bicyclic) bond motifs is 1. The normalized spacial score (nSPS) is 10.7. The minimum atomic E-state index is 0.556. The van der Waals surface area contributed by atoms with Gasteiger partial charge in [-0.2, -0.15) is 0 Å². The molecule has 0 spiro atoms. The van der Waals surface area contributed by atoms with Crippen LogP contribution in [0, 0.1) is 6.92 Å². The number of rotatable bonds is 0. The van der Waals surface area contributed by atoms with Gasteiger partial charge in [0.25, 0.3) is 0 Å². The molecule has 2 nitrogen and oxygen atoms in total. The summed E-state index contributed by atoms with van der Waals surface area (Å²) in [5.41, 5.74) is 2.16. The average Bonchev–Trinajstić information content (AvgIpc) is 2.31. The van der Waals surface area contributed by atoms with Gasteiger partial charge in [0.15, 0.2) is 5.15 Å². The van der Waals surface area contributed by atoms with Crippen LogP contribution in [0.3, 0.4) is 0 Å². The van der Waals surface area contributed by atoms with Crippen molar-refractivity contribution in [3.8, 4) is 0 Å². The number of hydrogen-bond acceptors (Lipinski definition) is 1. The van der Waals surface area contributed by atoms with Gasteiger partial charge in [-0.05, 0) is 18.6 Å². The van der Waals surface area contributed by atoms with Crippen molar-refractivity contribution >= 4 is 17.1 Å². The summed E-state index contributed by atoms with van der Waals surface area (Å²) in [5.74, 6) is 0. The predicted molar refractivity (Wildman–Crippen MR) is 44.9 cm³/mol. The lowest BCUT2D eigenvalue weighted by Crippen LogP contribution is -1.83. The SMILES string of the molecule is Cc1cc2c(Cl)nccn2c1. The molecular formula is C8H7ClN2. The lowest BCUT2D eigenvalue weighted by molar-refractivity contribution is 1.13. The summed E-state index contributed by atoms with van der Waals surface area (Å²) in [4.78, 5) is 3.97. The predicted octanol–water partition coefficient (Wildman–Crippen LogP) is 2.30. The molecule has 0 aromatic carbocycles. The Kier molecular flexibility index (Phi) is 1.36. The molecule has 0 saturated heterocycles. The first kappa shape index (κ1) is 6.68. The van der Waals surface area contributed by atoms with Gasteiger partial charge in [0.05, 0.1) is 5.52 Å². The second kappa shape index (κ2) is 2.24. The second-order valence-corrected chi connectivity index (χ2v) is 2.89. The van der Waals surface area contributed by atoms with E-state index in [1.807, 2.05) is 29.8 Å². The molecule has 0 aliphatic rings. The quantitative estimate of drug-likeness (QED) is 0.587. The first-order chi connectivity index (χ1) is 5.27. The van der Waals surface area contributed by atoms with Gasteiger partial charge in [-0.1, -0.05) is 11.6 Å². The van der Waals surface area contributed by atoms with Crippen LogP contribution < -0.4 is 0 Å². The van der Waals surface area contributed by atoms with E-state index in [1.165, 1.54) is 5.56 Å². The van der Waals surface area contributed by atoms with E-state index in [0.717, 1.165) is 5.52 Å². The Morgan fingerprint density at radius 2 is 2.36 bits per heavy atom. The van der Waals surface area contributed by atoms with Crippen molar-refractivity contribution in [2.75, 3.05) is 0 Å². The van der Waals surface area contributed by atoms with Crippen LogP contribution in [0.2, 0.25) is 5.15 Å². The van der Waals surface area contributed by atoms with Gasteiger partial charge < -0.3 is 4.40 Å². The molecule has 0 aliphatic carbocycles. The fourth-order valence-electron chi connectivity index (χ4n) is 1.14.